The molecule has 19 heavy (non-hydrogen) atoms. The van der Waals surface area contributed by atoms with Gasteiger partial charge in [0, 0.05) is 17.2 Å². The molecule has 0 aliphatic carbocycles. The van der Waals surface area contributed by atoms with Gasteiger partial charge in [0.2, 0.25) is 5.95 Å². The van der Waals surface area contributed by atoms with Crippen LogP contribution in [0.1, 0.15) is 31.0 Å². The molecular formula is C15H20BrN3. The summed E-state index contributed by atoms with van der Waals surface area (Å²) < 4.78 is 3.25. The molecule has 0 radical (unpaired) electrons. The second-order valence-electron chi connectivity index (χ2n) is 4.86. The van der Waals surface area contributed by atoms with E-state index in [4.69, 9.17) is 0 Å². The van der Waals surface area contributed by atoms with Crippen LogP contribution >= 0.6 is 15.9 Å². The number of hydrogen-bond donors (Lipinski definition) is 1. The smallest absolute Gasteiger partial charge is 0.207 e. The molecule has 2 aromatic rings. The molecule has 0 spiro atoms. The Kier molecular flexibility index (Phi) is 4.64. The standard InChI is InChI=1S/C15H20BrN3/c1-4-5-8-19-10-12(3)17-15(19)18-14-7-6-11(2)9-13(14)16/h6-7,9-10H,4-5,8H2,1-3H3,(H,17,18). The Bertz CT molecular complexity index is 561. The molecule has 0 fully saturated rings. The minimum atomic E-state index is 0.913. The summed E-state index contributed by atoms with van der Waals surface area (Å²) in [4.78, 5) is 4.55. The Morgan fingerprint density at radius 2 is 2.11 bits per heavy atom. The zero-order chi connectivity index (χ0) is 13.8. The lowest BCUT2D eigenvalue weighted by atomic mass is 10.2. The van der Waals surface area contributed by atoms with Gasteiger partial charge in [0.1, 0.15) is 0 Å². The fourth-order valence-corrected chi connectivity index (χ4v) is 2.58. The monoisotopic (exact) mass is 321 g/mol. The Hall–Kier alpha value is -1.29. The molecule has 3 nitrogen and oxygen atoms in total. The molecule has 102 valence electrons. The number of nitrogens with zero attached hydrogens (tertiary/aromatic N) is 2. The quantitative estimate of drug-likeness (QED) is 0.856. The Morgan fingerprint density at radius 1 is 1.32 bits per heavy atom. The lowest BCUT2D eigenvalue weighted by Crippen LogP contribution is -2.03. The van der Waals surface area contributed by atoms with Crippen LogP contribution in [0.15, 0.2) is 28.9 Å². The summed E-state index contributed by atoms with van der Waals surface area (Å²) in [6.07, 6.45) is 4.45. The van der Waals surface area contributed by atoms with E-state index >= 15 is 0 Å². The summed E-state index contributed by atoms with van der Waals surface area (Å²) >= 11 is 3.59. The van der Waals surface area contributed by atoms with Crippen LogP contribution in [0.4, 0.5) is 11.6 Å². The fraction of sp³-hybridized carbons (Fsp3) is 0.400. The summed E-state index contributed by atoms with van der Waals surface area (Å²) in [7, 11) is 0. The number of rotatable bonds is 5. The minimum absolute atomic E-state index is 0.913. The van der Waals surface area contributed by atoms with Crippen molar-refractivity contribution in [1.29, 1.82) is 0 Å². The number of nitrogens with one attached hydrogen (secondary N) is 1. The molecule has 0 aliphatic rings. The van der Waals surface area contributed by atoms with Crippen LogP contribution < -0.4 is 5.32 Å². The van der Waals surface area contributed by atoms with Crippen molar-refractivity contribution in [3.63, 3.8) is 0 Å². The maximum absolute atomic E-state index is 4.55. The predicted molar refractivity (Wildman–Crippen MR) is 84.0 cm³/mol. The largest absolute Gasteiger partial charge is 0.325 e. The van der Waals surface area contributed by atoms with Crippen molar-refractivity contribution in [2.24, 2.45) is 0 Å². The molecule has 0 saturated heterocycles. The number of imidazole rings is 1. The highest BCUT2D eigenvalue weighted by Gasteiger charge is 2.07. The minimum Gasteiger partial charge on any atom is -0.325 e. The van der Waals surface area contributed by atoms with Crippen molar-refractivity contribution in [3.8, 4) is 0 Å². The number of aryl methyl sites for hydroxylation is 3. The van der Waals surface area contributed by atoms with Crippen molar-refractivity contribution < 1.29 is 0 Å². The lowest BCUT2D eigenvalue weighted by molar-refractivity contribution is 0.637. The third-order valence-corrected chi connectivity index (χ3v) is 3.68. The number of unbranched alkanes of at least 4 members (excludes halogenated alkanes) is 1. The molecule has 0 bridgehead atoms. The topological polar surface area (TPSA) is 29.9 Å². The van der Waals surface area contributed by atoms with Crippen LogP contribution in [-0.2, 0) is 6.54 Å². The zero-order valence-electron chi connectivity index (χ0n) is 11.7. The van der Waals surface area contributed by atoms with E-state index in [1.165, 1.54) is 18.4 Å². The number of aromatic nitrogens is 2. The van der Waals surface area contributed by atoms with E-state index in [1.54, 1.807) is 0 Å². The molecule has 0 aliphatic heterocycles. The normalized spacial score (nSPS) is 10.7. The van der Waals surface area contributed by atoms with Crippen molar-refractivity contribution in [3.05, 3.63) is 40.1 Å². The Morgan fingerprint density at radius 3 is 2.79 bits per heavy atom. The van der Waals surface area contributed by atoms with Crippen LogP contribution in [0.25, 0.3) is 0 Å². The van der Waals surface area contributed by atoms with Crippen molar-refractivity contribution in [2.75, 3.05) is 5.32 Å². The maximum atomic E-state index is 4.55. The molecule has 1 aromatic heterocycles. The van der Waals surface area contributed by atoms with Crippen molar-refractivity contribution >= 4 is 27.6 Å². The van der Waals surface area contributed by atoms with Gasteiger partial charge in [-0.1, -0.05) is 19.4 Å². The van der Waals surface area contributed by atoms with Gasteiger partial charge >= 0.3 is 0 Å². The molecule has 1 N–H and O–H groups in total. The van der Waals surface area contributed by atoms with Gasteiger partial charge in [-0.05, 0) is 53.9 Å². The third-order valence-electron chi connectivity index (χ3n) is 3.02. The third kappa shape index (κ3) is 3.60. The van der Waals surface area contributed by atoms with Crippen LogP contribution in [0.2, 0.25) is 0 Å². The molecule has 4 heteroatoms. The highest BCUT2D eigenvalue weighted by atomic mass is 79.9. The highest BCUT2D eigenvalue weighted by Crippen LogP contribution is 2.26. The average molecular weight is 322 g/mol. The van der Waals surface area contributed by atoms with Gasteiger partial charge in [0.05, 0.1) is 11.4 Å². The van der Waals surface area contributed by atoms with Gasteiger partial charge < -0.3 is 9.88 Å². The first-order chi connectivity index (χ1) is 9.10. The summed E-state index contributed by atoms with van der Waals surface area (Å²) in [5.41, 5.74) is 3.33. The molecule has 0 saturated carbocycles. The average Bonchev–Trinajstić information content (AvgIpc) is 2.70. The van der Waals surface area contributed by atoms with Gasteiger partial charge in [0.15, 0.2) is 0 Å². The van der Waals surface area contributed by atoms with Crippen LogP contribution in [0, 0.1) is 13.8 Å². The second kappa shape index (κ2) is 6.24. The van der Waals surface area contributed by atoms with E-state index in [2.05, 4.69) is 69.0 Å². The van der Waals surface area contributed by atoms with E-state index in [9.17, 15) is 0 Å². The fourth-order valence-electron chi connectivity index (χ4n) is 1.99. The van der Waals surface area contributed by atoms with E-state index in [0.29, 0.717) is 0 Å². The molecule has 1 aromatic carbocycles. The zero-order valence-corrected chi connectivity index (χ0v) is 13.3. The van der Waals surface area contributed by atoms with E-state index in [1.807, 2.05) is 6.92 Å². The number of halogens is 1. The van der Waals surface area contributed by atoms with Crippen molar-refractivity contribution in [1.82, 2.24) is 9.55 Å². The molecular weight excluding hydrogens is 302 g/mol. The van der Waals surface area contributed by atoms with Crippen LogP contribution in [0.5, 0.6) is 0 Å². The first kappa shape index (κ1) is 14.1. The van der Waals surface area contributed by atoms with Crippen LogP contribution in [-0.4, -0.2) is 9.55 Å². The predicted octanol–water partition coefficient (Wildman–Crippen LogP) is 4.81. The van der Waals surface area contributed by atoms with Crippen molar-refractivity contribution in [2.45, 2.75) is 40.2 Å². The number of hydrogen-bond acceptors (Lipinski definition) is 2. The van der Waals surface area contributed by atoms with Gasteiger partial charge in [-0.3, -0.25) is 0 Å². The number of benzene rings is 1. The summed E-state index contributed by atoms with van der Waals surface area (Å²) in [6, 6.07) is 6.28. The Labute approximate surface area is 123 Å². The second-order valence-corrected chi connectivity index (χ2v) is 5.72. The van der Waals surface area contributed by atoms with Gasteiger partial charge in [-0.25, -0.2) is 4.98 Å². The molecule has 0 amide bonds. The first-order valence-electron chi connectivity index (χ1n) is 6.67. The first-order valence-corrected chi connectivity index (χ1v) is 7.46. The summed E-state index contributed by atoms with van der Waals surface area (Å²) in [5, 5.41) is 3.40. The number of anilines is 2. The van der Waals surface area contributed by atoms with Gasteiger partial charge in [0.25, 0.3) is 0 Å². The van der Waals surface area contributed by atoms with Gasteiger partial charge in [-0.15, -0.1) is 0 Å². The Balaban J connectivity index is 2.22. The van der Waals surface area contributed by atoms with Crippen LogP contribution in [0.3, 0.4) is 0 Å². The van der Waals surface area contributed by atoms with E-state index in [-0.39, 0.29) is 0 Å². The molecule has 0 unspecified atom stereocenters. The summed E-state index contributed by atoms with van der Waals surface area (Å²) in [5.74, 6) is 0.913. The highest BCUT2D eigenvalue weighted by molar-refractivity contribution is 9.10. The van der Waals surface area contributed by atoms with E-state index < -0.39 is 0 Å². The molecule has 0 atom stereocenters. The molecule has 2 rings (SSSR count). The SMILES string of the molecule is CCCCn1cc(C)nc1Nc1ccc(C)cc1Br. The van der Waals surface area contributed by atoms with E-state index in [0.717, 1.165) is 28.3 Å². The van der Waals surface area contributed by atoms with Gasteiger partial charge in [-0.2, -0.15) is 0 Å². The maximum Gasteiger partial charge on any atom is 0.207 e. The lowest BCUT2D eigenvalue weighted by Gasteiger charge is -2.11. The molecule has 1 heterocycles. The summed E-state index contributed by atoms with van der Waals surface area (Å²) in [6.45, 7) is 7.31.